The first-order valence-electron chi connectivity index (χ1n) is 7.55. The van der Waals surface area contributed by atoms with Crippen LogP contribution >= 0.6 is 0 Å². The van der Waals surface area contributed by atoms with Crippen LogP contribution in [0.2, 0.25) is 0 Å². The maximum Gasteiger partial charge on any atom is 0.321 e. The van der Waals surface area contributed by atoms with Crippen molar-refractivity contribution in [3.63, 3.8) is 0 Å². The number of amides is 3. The lowest BCUT2D eigenvalue weighted by Crippen LogP contribution is -2.43. The topological polar surface area (TPSA) is 95.5 Å². The van der Waals surface area contributed by atoms with Gasteiger partial charge in [0.15, 0.2) is 0 Å². The van der Waals surface area contributed by atoms with Crippen LogP contribution < -0.4 is 10.6 Å². The lowest BCUT2D eigenvalue weighted by Gasteiger charge is -2.26. The number of carbonyl (C=O) groups is 3. The van der Waals surface area contributed by atoms with Gasteiger partial charge in [-0.05, 0) is 30.1 Å². The van der Waals surface area contributed by atoms with Crippen molar-refractivity contribution in [2.24, 2.45) is 10.8 Å². The van der Waals surface area contributed by atoms with Gasteiger partial charge in [-0.25, -0.2) is 4.79 Å². The zero-order valence-corrected chi connectivity index (χ0v) is 12.7. The number of nitrogens with one attached hydrogen (secondary N) is 2. The number of carboxylic acid groups (broad SMARTS) is 1. The van der Waals surface area contributed by atoms with Gasteiger partial charge < -0.3 is 10.4 Å². The van der Waals surface area contributed by atoms with Crippen LogP contribution in [0, 0.1) is 10.8 Å². The minimum atomic E-state index is -0.881. The lowest BCUT2D eigenvalue weighted by atomic mass is 9.79. The third-order valence-corrected chi connectivity index (χ3v) is 4.80. The van der Waals surface area contributed by atoms with Crippen molar-refractivity contribution in [2.75, 3.05) is 0 Å². The zero-order valence-electron chi connectivity index (χ0n) is 12.7. The molecule has 3 amide bonds. The molecule has 2 rings (SSSR count). The Morgan fingerprint density at radius 3 is 2.19 bits per heavy atom. The van der Waals surface area contributed by atoms with Gasteiger partial charge in [-0.1, -0.05) is 26.7 Å². The van der Waals surface area contributed by atoms with Gasteiger partial charge in [0, 0.05) is 12.5 Å². The summed E-state index contributed by atoms with van der Waals surface area (Å²) in [5.74, 6) is -1.26. The minimum Gasteiger partial charge on any atom is -0.481 e. The van der Waals surface area contributed by atoms with E-state index in [9.17, 15) is 14.4 Å². The molecule has 0 aliphatic heterocycles. The third-order valence-electron chi connectivity index (χ3n) is 4.80. The predicted molar refractivity (Wildman–Crippen MR) is 76.6 cm³/mol. The van der Waals surface area contributed by atoms with Crippen molar-refractivity contribution >= 4 is 17.9 Å². The summed E-state index contributed by atoms with van der Waals surface area (Å²) >= 11 is 0. The second-order valence-corrected chi connectivity index (χ2v) is 7.22. The number of hydrogen-bond acceptors (Lipinski definition) is 3. The van der Waals surface area contributed by atoms with Gasteiger partial charge in [-0.15, -0.1) is 0 Å². The number of imide groups is 1. The molecule has 1 atom stereocenters. The average molecular weight is 296 g/mol. The highest BCUT2D eigenvalue weighted by atomic mass is 16.4. The lowest BCUT2D eigenvalue weighted by molar-refractivity contribution is -0.140. The molecule has 1 unspecified atom stereocenters. The summed E-state index contributed by atoms with van der Waals surface area (Å²) in [5, 5.41) is 14.1. The van der Waals surface area contributed by atoms with Crippen LogP contribution in [0.1, 0.15) is 58.8 Å². The molecule has 0 aromatic rings. The molecule has 0 heterocycles. The largest absolute Gasteiger partial charge is 0.481 e. The van der Waals surface area contributed by atoms with Crippen LogP contribution in [0.25, 0.3) is 0 Å². The summed E-state index contributed by atoms with van der Waals surface area (Å²) in [6.45, 7) is 4.11. The van der Waals surface area contributed by atoms with Crippen LogP contribution in [-0.2, 0) is 9.59 Å². The van der Waals surface area contributed by atoms with Crippen molar-refractivity contribution < 1.29 is 19.5 Å². The Morgan fingerprint density at radius 1 is 1.14 bits per heavy atom. The van der Waals surface area contributed by atoms with E-state index < -0.39 is 17.4 Å². The first-order valence-corrected chi connectivity index (χ1v) is 7.55. The highest BCUT2D eigenvalue weighted by Crippen LogP contribution is 2.45. The van der Waals surface area contributed by atoms with Crippen molar-refractivity contribution in [3.05, 3.63) is 0 Å². The maximum absolute atomic E-state index is 12.0. The van der Waals surface area contributed by atoms with E-state index in [0.29, 0.717) is 0 Å². The minimum absolute atomic E-state index is 0.00229. The molecule has 0 radical (unpaired) electrons. The fraction of sp³-hybridized carbons (Fsp3) is 0.800. The van der Waals surface area contributed by atoms with E-state index >= 15 is 0 Å². The number of carbonyl (C=O) groups excluding carboxylic acids is 2. The Balaban J connectivity index is 1.82. The van der Waals surface area contributed by atoms with Gasteiger partial charge in [0.2, 0.25) is 5.91 Å². The van der Waals surface area contributed by atoms with Crippen molar-refractivity contribution in [2.45, 2.75) is 64.8 Å². The first-order chi connectivity index (χ1) is 9.72. The quantitative estimate of drug-likeness (QED) is 0.723. The summed E-state index contributed by atoms with van der Waals surface area (Å²) in [4.78, 5) is 34.7. The molecule has 2 fully saturated rings. The first kappa shape index (κ1) is 15.8. The molecule has 21 heavy (non-hydrogen) atoms. The molecule has 0 aromatic carbocycles. The Hall–Kier alpha value is -1.59. The maximum atomic E-state index is 12.0. The smallest absolute Gasteiger partial charge is 0.321 e. The van der Waals surface area contributed by atoms with Crippen molar-refractivity contribution in [1.82, 2.24) is 10.6 Å². The van der Waals surface area contributed by atoms with E-state index in [1.807, 2.05) is 0 Å². The summed E-state index contributed by atoms with van der Waals surface area (Å²) in [7, 11) is 0. The molecule has 0 spiro atoms. The highest BCUT2D eigenvalue weighted by Gasteiger charge is 2.47. The number of aliphatic carboxylic acids is 1. The summed E-state index contributed by atoms with van der Waals surface area (Å²) in [5.41, 5.74) is -0.370. The monoisotopic (exact) mass is 296 g/mol. The zero-order chi connectivity index (χ0) is 15.7. The van der Waals surface area contributed by atoms with Crippen LogP contribution in [0.3, 0.4) is 0 Å². The average Bonchev–Trinajstić information content (AvgIpc) is 2.70. The van der Waals surface area contributed by atoms with Crippen LogP contribution in [-0.4, -0.2) is 29.1 Å². The number of hydrogen-bond donors (Lipinski definition) is 3. The second kappa shape index (κ2) is 5.66. The van der Waals surface area contributed by atoms with E-state index in [0.717, 1.165) is 32.1 Å². The van der Waals surface area contributed by atoms with Crippen molar-refractivity contribution in [3.8, 4) is 0 Å². The molecule has 6 nitrogen and oxygen atoms in total. The van der Waals surface area contributed by atoms with E-state index in [1.165, 1.54) is 0 Å². The number of carboxylic acids is 1. The molecular weight excluding hydrogens is 272 g/mol. The Bertz CT molecular complexity index is 453. The molecule has 6 heteroatoms. The fourth-order valence-corrected chi connectivity index (χ4v) is 3.28. The van der Waals surface area contributed by atoms with Gasteiger partial charge in [-0.3, -0.25) is 14.9 Å². The van der Waals surface area contributed by atoms with Crippen LogP contribution in [0.15, 0.2) is 0 Å². The van der Waals surface area contributed by atoms with Gasteiger partial charge in [0.05, 0.1) is 6.42 Å². The SMILES string of the molecule is CC1(C)CC1NC(=O)NC(=O)CC1(CC(=O)O)CCCC1. The molecule has 2 aliphatic rings. The Morgan fingerprint density at radius 2 is 1.71 bits per heavy atom. The van der Waals surface area contributed by atoms with Crippen LogP contribution in [0.5, 0.6) is 0 Å². The molecule has 118 valence electrons. The molecule has 0 aromatic heterocycles. The predicted octanol–water partition coefficient (Wildman–Crippen LogP) is 2.04. The van der Waals surface area contributed by atoms with E-state index in [1.54, 1.807) is 0 Å². The van der Waals surface area contributed by atoms with Crippen LogP contribution in [0.4, 0.5) is 4.79 Å². The number of urea groups is 1. The molecule has 3 N–H and O–H groups in total. The molecule has 0 saturated heterocycles. The van der Waals surface area contributed by atoms with Gasteiger partial charge >= 0.3 is 12.0 Å². The fourth-order valence-electron chi connectivity index (χ4n) is 3.28. The molecule has 2 aliphatic carbocycles. The van der Waals surface area contributed by atoms with Gasteiger partial charge in [0.1, 0.15) is 0 Å². The highest BCUT2D eigenvalue weighted by molar-refractivity contribution is 5.95. The van der Waals surface area contributed by atoms with Gasteiger partial charge in [0.25, 0.3) is 0 Å². The van der Waals surface area contributed by atoms with Crippen molar-refractivity contribution in [1.29, 1.82) is 0 Å². The summed E-state index contributed by atoms with van der Waals surface area (Å²) in [6, 6.07) is -0.358. The third kappa shape index (κ3) is 4.19. The normalized spacial score (nSPS) is 25.1. The molecule has 2 saturated carbocycles. The van der Waals surface area contributed by atoms with E-state index in [-0.39, 0.29) is 30.2 Å². The number of rotatable bonds is 5. The van der Waals surface area contributed by atoms with E-state index in [4.69, 9.17) is 5.11 Å². The molecular formula is C15H24N2O4. The Labute approximate surface area is 124 Å². The molecule has 0 bridgehead atoms. The summed E-state index contributed by atoms with van der Waals surface area (Å²) < 4.78 is 0. The van der Waals surface area contributed by atoms with E-state index in [2.05, 4.69) is 24.5 Å². The van der Waals surface area contributed by atoms with Gasteiger partial charge in [-0.2, -0.15) is 0 Å². The standard InChI is InChI=1S/C15H24N2O4/c1-14(2)7-10(14)16-13(21)17-11(18)8-15(9-12(19)20)5-3-4-6-15/h10H,3-9H2,1-2H3,(H,19,20)(H2,16,17,18,21). The summed E-state index contributed by atoms with van der Waals surface area (Å²) in [6.07, 6.45) is 4.40. The second-order valence-electron chi connectivity index (χ2n) is 7.22. The Kier molecular flexibility index (Phi) is 4.25.